The van der Waals surface area contributed by atoms with Gasteiger partial charge in [0.2, 0.25) is 0 Å². The van der Waals surface area contributed by atoms with Crippen molar-refractivity contribution in [1.29, 1.82) is 0 Å². The maximum Gasteiger partial charge on any atom is 0.198 e. The van der Waals surface area contributed by atoms with Gasteiger partial charge in [0, 0.05) is 16.7 Å². The Morgan fingerprint density at radius 3 is 1.18 bits per heavy atom. The first kappa shape index (κ1) is 41.3. The minimum absolute atomic E-state index is 0.000793. The van der Waals surface area contributed by atoms with Crippen LogP contribution in [0.1, 0.15) is 160 Å². The van der Waals surface area contributed by atoms with Gasteiger partial charge < -0.3 is 0 Å². The van der Waals surface area contributed by atoms with Crippen molar-refractivity contribution in [3.05, 3.63) is 128 Å². The van der Waals surface area contributed by atoms with Gasteiger partial charge in [0.25, 0.3) is 0 Å². The molecule has 0 bridgehead atoms. The zero-order valence-electron chi connectivity index (χ0n) is 32.1. The summed E-state index contributed by atoms with van der Waals surface area (Å²) in [5.41, 5.74) is 10.5. The van der Waals surface area contributed by atoms with Crippen LogP contribution in [0.4, 0.5) is 0 Å². The van der Waals surface area contributed by atoms with Gasteiger partial charge in [-0.3, -0.25) is 14.4 Å². The summed E-state index contributed by atoms with van der Waals surface area (Å²) >= 11 is 0. The van der Waals surface area contributed by atoms with E-state index in [9.17, 15) is 14.4 Å². The number of benzene rings is 1. The summed E-state index contributed by atoms with van der Waals surface area (Å²) < 4.78 is 0. The highest BCUT2D eigenvalue weighted by atomic mass is 16.2. The fraction of sp³-hybridized carbons (Fsp3) is 0.457. The minimum atomic E-state index is -0.378. The number of hydrogen-bond donors (Lipinski definition) is 0. The van der Waals surface area contributed by atoms with Crippen LogP contribution in [-0.4, -0.2) is 17.3 Å². The van der Waals surface area contributed by atoms with Gasteiger partial charge in [-0.1, -0.05) is 99.7 Å². The van der Waals surface area contributed by atoms with E-state index in [4.69, 9.17) is 0 Å². The third kappa shape index (κ3) is 15.5. The number of Topliss-reactive ketones (excluding diaryl/α,β-unsaturated/α-hetero) is 2. The molecule has 0 fully saturated rings. The summed E-state index contributed by atoms with van der Waals surface area (Å²) in [7, 11) is 0. The second kappa shape index (κ2) is 22.0. The third-order valence-corrected chi connectivity index (χ3v) is 9.23. The van der Waals surface area contributed by atoms with Crippen LogP contribution in [0.3, 0.4) is 0 Å². The fourth-order valence-corrected chi connectivity index (χ4v) is 5.99. The largest absolute Gasteiger partial charge is 0.289 e. The first-order chi connectivity index (χ1) is 23.3. The highest BCUT2D eigenvalue weighted by Crippen LogP contribution is 2.27. The molecule has 0 aromatic heterocycles. The van der Waals surface area contributed by atoms with E-state index < -0.39 is 0 Å². The average Bonchev–Trinajstić information content (AvgIpc) is 3.03. The molecule has 264 valence electrons. The monoisotopic (exact) mass is 662 g/mol. The van der Waals surface area contributed by atoms with Crippen LogP contribution in [0.25, 0.3) is 0 Å². The lowest BCUT2D eigenvalue weighted by atomic mass is 9.82. The lowest BCUT2D eigenvalue weighted by Crippen LogP contribution is -2.24. The minimum Gasteiger partial charge on any atom is -0.289 e. The molecule has 0 N–H and O–H groups in total. The maximum atomic E-state index is 13.0. The van der Waals surface area contributed by atoms with Crippen LogP contribution in [0.2, 0.25) is 0 Å². The molecular formula is C46H62O3. The molecule has 3 heteroatoms. The molecular weight excluding hydrogens is 601 g/mol. The van der Waals surface area contributed by atoms with Crippen LogP contribution >= 0.6 is 0 Å². The number of hydrogen-bond acceptors (Lipinski definition) is 3. The van der Waals surface area contributed by atoms with Crippen LogP contribution in [0.15, 0.2) is 117 Å². The summed E-state index contributed by atoms with van der Waals surface area (Å²) in [6.45, 7) is 19.0. The Bertz CT molecular complexity index is 1570. The Labute approximate surface area is 298 Å². The van der Waals surface area contributed by atoms with Gasteiger partial charge in [-0.05, 0) is 145 Å². The summed E-state index contributed by atoms with van der Waals surface area (Å²) in [6, 6.07) is 6.71. The quantitative estimate of drug-likeness (QED) is 0.0793. The van der Waals surface area contributed by atoms with Crippen LogP contribution in [0, 0.1) is 0 Å². The molecule has 0 saturated carbocycles. The van der Waals surface area contributed by atoms with Crippen molar-refractivity contribution >= 4 is 17.3 Å². The molecule has 1 aromatic rings. The summed E-state index contributed by atoms with van der Waals surface area (Å²) in [4.78, 5) is 38.7. The zero-order valence-corrected chi connectivity index (χ0v) is 32.1. The van der Waals surface area contributed by atoms with Gasteiger partial charge in [-0.15, -0.1) is 0 Å². The van der Waals surface area contributed by atoms with Crippen molar-refractivity contribution < 1.29 is 14.4 Å². The first-order valence-corrected chi connectivity index (χ1v) is 18.3. The van der Waals surface area contributed by atoms with Crippen molar-refractivity contribution in [1.82, 2.24) is 0 Å². The Balaban J connectivity index is 1.69. The highest BCUT2D eigenvalue weighted by Gasteiger charge is 2.32. The second-order valence-electron chi connectivity index (χ2n) is 14.3. The Morgan fingerprint density at radius 2 is 0.816 bits per heavy atom. The third-order valence-electron chi connectivity index (χ3n) is 9.23. The Morgan fingerprint density at radius 1 is 0.490 bits per heavy atom. The molecule has 1 aliphatic rings. The van der Waals surface area contributed by atoms with Crippen molar-refractivity contribution in [2.24, 2.45) is 0 Å². The summed E-state index contributed by atoms with van der Waals surface area (Å²) in [6.07, 6.45) is 28.4. The molecule has 49 heavy (non-hydrogen) atoms. The van der Waals surface area contributed by atoms with E-state index in [0.717, 1.165) is 76.2 Å². The molecule has 0 aliphatic heterocycles. The molecule has 0 saturated heterocycles. The topological polar surface area (TPSA) is 51.2 Å². The molecule has 2 rings (SSSR count). The summed E-state index contributed by atoms with van der Waals surface area (Å²) in [5.74, 6) is -0.985. The van der Waals surface area contributed by atoms with Crippen molar-refractivity contribution in [3.8, 4) is 0 Å². The van der Waals surface area contributed by atoms with Crippen LogP contribution < -0.4 is 0 Å². The van der Waals surface area contributed by atoms with Gasteiger partial charge in [-0.2, -0.15) is 0 Å². The first-order valence-electron chi connectivity index (χ1n) is 18.3. The standard InChI is InChI=1S/C46H62O3/c1-33(2)18-12-19-34(3)20-13-21-35(4)22-14-23-36(5)24-15-25-37(6)26-16-27-38(7)28-17-29-39(8)32-43(47)44-40(9)45(48)41-30-10-11-31-42(41)46(44)49/h10-11,18,20,22,24,26,28,30-32H,12-17,19,21,23,25,27,29H2,1-9H3/b34-20+,35-22+,36-24+,37-26+,38-28+,39-32+. The maximum absolute atomic E-state index is 13.0. The van der Waals surface area contributed by atoms with Gasteiger partial charge >= 0.3 is 0 Å². The van der Waals surface area contributed by atoms with Crippen LogP contribution in [0.5, 0.6) is 0 Å². The van der Waals surface area contributed by atoms with E-state index in [2.05, 4.69) is 84.9 Å². The van der Waals surface area contributed by atoms with Crippen molar-refractivity contribution in [2.45, 2.75) is 139 Å². The number of carbonyl (C=O) groups is 3. The van der Waals surface area contributed by atoms with Gasteiger partial charge in [0.05, 0.1) is 5.57 Å². The average molecular weight is 663 g/mol. The molecule has 0 heterocycles. The number of ketones is 3. The number of rotatable bonds is 20. The predicted octanol–water partition coefficient (Wildman–Crippen LogP) is 13.3. The molecule has 0 spiro atoms. The van der Waals surface area contributed by atoms with Crippen LogP contribution in [-0.2, 0) is 4.79 Å². The van der Waals surface area contributed by atoms with E-state index in [0.29, 0.717) is 11.1 Å². The molecule has 3 nitrogen and oxygen atoms in total. The molecule has 0 unspecified atom stereocenters. The van der Waals surface area contributed by atoms with Gasteiger partial charge in [0.1, 0.15) is 0 Å². The van der Waals surface area contributed by atoms with E-state index in [-0.39, 0.29) is 28.5 Å². The Hall–Kier alpha value is -3.85. The van der Waals surface area contributed by atoms with E-state index >= 15 is 0 Å². The van der Waals surface area contributed by atoms with Crippen molar-refractivity contribution in [2.75, 3.05) is 0 Å². The Kier molecular flexibility index (Phi) is 18.5. The number of carbonyl (C=O) groups excluding carboxylic acids is 3. The normalized spacial score (nSPS) is 15.2. The lowest BCUT2D eigenvalue weighted by molar-refractivity contribution is -0.111. The number of fused-ring (bicyclic) bond motifs is 1. The SMILES string of the molecule is CC(C)=CCC/C(C)=C/CC/C(C)=C/CC/C(C)=C/CC/C(C)=C/CC/C(C)=C/CC/C(C)=C/C(=O)C1=C(C)C(=O)c2ccccc2C1=O. The van der Waals surface area contributed by atoms with Gasteiger partial charge in [0.15, 0.2) is 17.3 Å². The zero-order chi connectivity index (χ0) is 36.3. The number of allylic oxidation sites excluding steroid dienone is 16. The van der Waals surface area contributed by atoms with E-state index in [1.807, 2.05) is 6.92 Å². The fourth-order valence-electron chi connectivity index (χ4n) is 5.99. The molecule has 0 amide bonds. The molecule has 0 radical (unpaired) electrons. The van der Waals surface area contributed by atoms with Gasteiger partial charge in [-0.25, -0.2) is 0 Å². The predicted molar refractivity (Wildman–Crippen MR) is 210 cm³/mol. The van der Waals surface area contributed by atoms with E-state index in [1.54, 1.807) is 31.2 Å². The lowest BCUT2D eigenvalue weighted by Gasteiger charge is -2.17. The highest BCUT2D eigenvalue weighted by molar-refractivity contribution is 6.38. The van der Waals surface area contributed by atoms with Crippen molar-refractivity contribution in [3.63, 3.8) is 0 Å². The molecule has 1 aliphatic carbocycles. The molecule has 0 atom stereocenters. The van der Waals surface area contributed by atoms with E-state index in [1.165, 1.54) is 45.9 Å². The summed E-state index contributed by atoms with van der Waals surface area (Å²) in [5, 5.41) is 0. The molecule has 1 aromatic carbocycles. The smallest absolute Gasteiger partial charge is 0.198 e. The second-order valence-corrected chi connectivity index (χ2v) is 14.3.